The van der Waals surface area contributed by atoms with E-state index in [2.05, 4.69) is 50.3 Å². The van der Waals surface area contributed by atoms with Gasteiger partial charge in [0.05, 0.1) is 0 Å². The minimum absolute atomic E-state index is 1.21. The molecule has 16 heavy (non-hydrogen) atoms. The molecule has 3 heteroatoms. The Morgan fingerprint density at radius 2 is 1.12 bits per heavy atom. The van der Waals surface area contributed by atoms with Crippen LogP contribution < -0.4 is 0 Å². The Kier molecular flexibility index (Phi) is 8.33. The molecule has 0 amide bonds. The highest BCUT2D eigenvalue weighted by atomic mass is 28.3. The van der Waals surface area contributed by atoms with E-state index in [1.807, 2.05) is 0 Å². The normalized spacial score (nSPS) is 12.8. The van der Waals surface area contributed by atoms with Crippen LogP contribution in [-0.2, 0) is 0 Å². The van der Waals surface area contributed by atoms with Gasteiger partial charge >= 0.3 is 0 Å². The van der Waals surface area contributed by atoms with Gasteiger partial charge in [-0.3, -0.25) is 0 Å². The maximum atomic E-state index is 2.75. The van der Waals surface area contributed by atoms with Crippen molar-refractivity contribution < 1.29 is 0 Å². The van der Waals surface area contributed by atoms with Crippen LogP contribution in [0.1, 0.15) is 47.5 Å². The lowest BCUT2D eigenvalue weighted by molar-refractivity contribution is 0.352. The maximum Gasteiger partial charge on any atom is 0.203 e. The molecule has 0 saturated heterocycles. The van der Waals surface area contributed by atoms with E-state index in [0.29, 0.717) is 0 Å². The first-order valence-electron chi connectivity index (χ1n) is 7.10. The van der Waals surface area contributed by atoms with Gasteiger partial charge in [-0.15, -0.1) is 0 Å². The van der Waals surface area contributed by atoms with E-state index in [9.17, 15) is 0 Å². The van der Waals surface area contributed by atoms with Crippen LogP contribution >= 0.6 is 0 Å². The lowest BCUT2D eigenvalue weighted by atomic mass is 10.4. The summed E-state index contributed by atoms with van der Waals surface area (Å²) in [7, 11) is -1.36. The second kappa shape index (κ2) is 8.26. The van der Waals surface area contributed by atoms with Gasteiger partial charge in [-0.05, 0) is 38.8 Å². The van der Waals surface area contributed by atoms with E-state index in [1.165, 1.54) is 45.1 Å². The van der Waals surface area contributed by atoms with Gasteiger partial charge in [0.1, 0.15) is 0 Å². The summed E-state index contributed by atoms with van der Waals surface area (Å²) in [5.41, 5.74) is 0. The van der Waals surface area contributed by atoms with Crippen LogP contribution in [0.2, 0.25) is 12.6 Å². The molecule has 0 spiro atoms. The van der Waals surface area contributed by atoms with E-state index < -0.39 is 8.40 Å². The van der Waals surface area contributed by atoms with Crippen molar-refractivity contribution in [2.45, 2.75) is 60.1 Å². The number of unbranched alkanes of at least 4 members (excludes halogenated alkanes) is 1. The van der Waals surface area contributed by atoms with E-state index >= 15 is 0 Å². The summed E-state index contributed by atoms with van der Waals surface area (Å²) in [6.45, 7) is 18.9. The van der Waals surface area contributed by atoms with Crippen molar-refractivity contribution in [1.82, 2.24) is 9.13 Å². The molecule has 0 aliphatic carbocycles. The van der Waals surface area contributed by atoms with Crippen LogP contribution in [0.15, 0.2) is 0 Å². The van der Waals surface area contributed by atoms with E-state index in [1.54, 1.807) is 0 Å². The van der Waals surface area contributed by atoms with E-state index in [4.69, 9.17) is 0 Å². The zero-order valence-electron chi connectivity index (χ0n) is 12.3. The van der Waals surface area contributed by atoms with Crippen molar-refractivity contribution in [3.8, 4) is 0 Å². The molecule has 0 aromatic rings. The molecule has 0 aliphatic heterocycles. The molecule has 0 radical (unpaired) electrons. The molecule has 0 unspecified atom stereocenters. The Morgan fingerprint density at radius 3 is 1.38 bits per heavy atom. The van der Waals surface area contributed by atoms with Crippen molar-refractivity contribution >= 4 is 8.40 Å². The zero-order chi connectivity index (χ0) is 12.6. The molecule has 98 valence electrons. The van der Waals surface area contributed by atoms with Crippen molar-refractivity contribution in [2.75, 3.05) is 26.2 Å². The average molecular weight is 244 g/mol. The summed E-state index contributed by atoms with van der Waals surface area (Å²) in [6, 6.07) is 1.42. The average Bonchev–Trinajstić information content (AvgIpc) is 2.29. The number of nitrogens with zero attached hydrogens (tertiary/aromatic N) is 2. The fourth-order valence-electron chi connectivity index (χ4n) is 2.84. The van der Waals surface area contributed by atoms with Gasteiger partial charge in [-0.25, -0.2) is 0 Å². The molecule has 0 bridgehead atoms. The zero-order valence-corrected chi connectivity index (χ0v) is 13.3. The number of rotatable bonds is 9. The van der Waals surface area contributed by atoms with Crippen LogP contribution in [0.25, 0.3) is 0 Å². The second-order valence-electron chi connectivity index (χ2n) is 4.67. The Labute approximate surface area is 104 Å². The minimum atomic E-state index is -1.36. The maximum absolute atomic E-state index is 2.75. The molecular weight excluding hydrogens is 212 g/mol. The standard InChI is InChI=1S/C13H32N2Si/c1-7-12-13-16(6,14(8-2)9-3)15(10-4)11-5/h7-13H2,1-6H3. The van der Waals surface area contributed by atoms with E-state index in [-0.39, 0.29) is 0 Å². The Balaban J connectivity index is 4.82. The van der Waals surface area contributed by atoms with Gasteiger partial charge in [-0.2, -0.15) is 0 Å². The Bertz CT molecular complexity index is 153. The molecule has 2 nitrogen and oxygen atoms in total. The summed E-state index contributed by atoms with van der Waals surface area (Å²) in [5.74, 6) is 0. The third-order valence-corrected chi connectivity index (χ3v) is 9.18. The van der Waals surface area contributed by atoms with Crippen LogP contribution in [0.4, 0.5) is 0 Å². The lowest BCUT2D eigenvalue weighted by Crippen LogP contribution is -2.63. The summed E-state index contributed by atoms with van der Waals surface area (Å²) in [4.78, 5) is 0. The lowest BCUT2D eigenvalue weighted by Gasteiger charge is -2.46. The highest BCUT2D eigenvalue weighted by Crippen LogP contribution is 2.22. The highest BCUT2D eigenvalue weighted by molar-refractivity contribution is 6.73. The molecule has 0 heterocycles. The van der Waals surface area contributed by atoms with Crippen LogP contribution in [0, 0.1) is 0 Å². The topological polar surface area (TPSA) is 6.48 Å². The van der Waals surface area contributed by atoms with Gasteiger partial charge in [-0.1, -0.05) is 47.5 Å². The fraction of sp³-hybridized carbons (Fsp3) is 1.00. The first-order chi connectivity index (χ1) is 7.60. The summed E-state index contributed by atoms with van der Waals surface area (Å²) < 4.78 is 5.49. The quantitative estimate of drug-likeness (QED) is 0.572. The predicted octanol–water partition coefficient (Wildman–Crippen LogP) is 3.54. The molecule has 0 saturated carbocycles. The molecule has 0 rings (SSSR count). The molecule has 0 aromatic heterocycles. The van der Waals surface area contributed by atoms with Crippen LogP contribution in [0.3, 0.4) is 0 Å². The predicted molar refractivity (Wildman–Crippen MR) is 77.2 cm³/mol. The highest BCUT2D eigenvalue weighted by Gasteiger charge is 2.37. The van der Waals surface area contributed by atoms with Crippen molar-refractivity contribution in [3.05, 3.63) is 0 Å². The van der Waals surface area contributed by atoms with Crippen molar-refractivity contribution in [3.63, 3.8) is 0 Å². The van der Waals surface area contributed by atoms with Gasteiger partial charge in [0.2, 0.25) is 8.40 Å². The van der Waals surface area contributed by atoms with Crippen molar-refractivity contribution in [2.24, 2.45) is 0 Å². The third kappa shape index (κ3) is 3.86. The third-order valence-electron chi connectivity index (χ3n) is 3.89. The number of hydrogen-bond donors (Lipinski definition) is 0. The molecular formula is C13H32N2Si. The molecule has 0 aliphatic rings. The number of hydrogen-bond acceptors (Lipinski definition) is 2. The van der Waals surface area contributed by atoms with Crippen LogP contribution in [-0.4, -0.2) is 43.7 Å². The van der Waals surface area contributed by atoms with Gasteiger partial charge in [0, 0.05) is 0 Å². The second-order valence-corrected chi connectivity index (χ2v) is 8.86. The first-order valence-corrected chi connectivity index (χ1v) is 9.70. The SMILES string of the molecule is CCCC[Si](C)(N(CC)CC)N(CC)CC. The summed E-state index contributed by atoms with van der Waals surface area (Å²) in [6.07, 6.45) is 2.71. The monoisotopic (exact) mass is 244 g/mol. The van der Waals surface area contributed by atoms with Gasteiger partial charge in [0.25, 0.3) is 0 Å². The van der Waals surface area contributed by atoms with E-state index in [0.717, 1.165) is 0 Å². The smallest absolute Gasteiger partial charge is 0.203 e. The molecule has 0 aromatic carbocycles. The molecule has 0 atom stereocenters. The summed E-state index contributed by atoms with van der Waals surface area (Å²) >= 11 is 0. The molecule has 0 fully saturated rings. The molecule has 0 N–H and O–H groups in total. The summed E-state index contributed by atoms with van der Waals surface area (Å²) in [5, 5.41) is 0. The van der Waals surface area contributed by atoms with Gasteiger partial charge in [0.15, 0.2) is 0 Å². The fourth-order valence-corrected chi connectivity index (χ4v) is 7.62. The Morgan fingerprint density at radius 1 is 0.750 bits per heavy atom. The first kappa shape index (κ1) is 16.1. The van der Waals surface area contributed by atoms with Crippen LogP contribution in [0.5, 0.6) is 0 Å². The van der Waals surface area contributed by atoms with Crippen molar-refractivity contribution in [1.29, 1.82) is 0 Å². The minimum Gasteiger partial charge on any atom is -0.312 e. The Hall–Kier alpha value is 0.137. The van der Waals surface area contributed by atoms with Gasteiger partial charge < -0.3 is 9.13 Å². The largest absolute Gasteiger partial charge is 0.312 e.